The number of esters is 1. The van der Waals surface area contributed by atoms with Crippen LogP contribution in [0.3, 0.4) is 0 Å². The van der Waals surface area contributed by atoms with Crippen molar-refractivity contribution in [2.75, 3.05) is 7.11 Å². The number of nitrogens with zero attached hydrogens (tertiary/aromatic N) is 1. The molecule has 0 saturated heterocycles. The number of fused-ring (bicyclic) bond motifs is 1. The van der Waals surface area contributed by atoms with E-state index in [0.717, 1.165) is 33.2 Å². The number of benzene rings is 3. The van der Waals surface area contributed by atoms with Crippen LogP contribution in [0.15, 0.2) is 85.1 Å². The van der Waals surface area contributed by atoms with Crippen LogP contribution in [0.2, 0.25) is 0 Å². The number of amides is 1. The van der Waals surface area contributed by atoms with Crippen LogP contribution < -0.4 is 5.32 Å². The van der Waals surface area contributed by atoms with E-state index in [9.17, 15) is 9.59 Å². The number of carbonyl (C=O) groups is 2. The van der Waals surface area contributed by atoms with Crippen molar-refractivity contribution in [3.8, 4) is 11.1 Å². The van der Waals surface area contributed by atoms with Crippen LogP contribution in [0.4, 0.5) is 0 Å². The fourth-order valence-corrected chi connectivity index (χ4v) is 3.51. The molecule has 0 fully saturated rings. The number of hydrogen-bond donors (Lipinski definition) is 1. The summed E-state index contributed by atoms with van der Waals surface area (Å²) in [7, 11) is 1.33. The fraction of sp³-hybridized carbons (Fsp3) is 0.107. The van der Waals surface area contributed by atoms with Crippen molar-refractivity contribution in [1.82, 2.24) is 10.3 Å². The first kappa shape index (κ1) is 22.0. The van der Waals surface area contributed by atoms with Crippen LogP contribution in [-0.2, 0) is 16.1 Å². The molecule has 4 aromatic rings. The lowest BCUT2D eigenvalue weighted by molar-refractivity contribution is -0.134. The number of aromatic nitrogens is 1. The van der Waals surface area contributed by atoms with E-state index in [-0.39, 0.29) is 5.91 Å². The predicted octanol–water partition coefficient (Wildman–Crippen LogP) is 5.33. The van der Waals surface area contributed by atoms with E-state index in [2.05, 4.69) is 10.3 Å². The summed E-state index contributed by atoms with van der Waals surface area (Å²) >= 11 is 0. The Balaban J connectivity index is 1.67. The Morgan fingerprint density at radius 1 is 0.970 bits per heavy atom. The first-order valence-corrected chi connectivity index (χ1v) is 10.6. The number of pyridine rings is 1. The summed E-state index contributed by atoms with van der Waals surface area (Å²) < 4.78 is 4.70. The maximum atomic E-state index is 13.0. The van der Waals surface area contributed by atoms with Crippen LogP contribution in [0, 0.1) is 6.92 Å². The zero-order valence-corrected chi connectivity index (χ0v) is 18.5. The van der Waals surface area contributed by atoms with Crippen LogP contribution >= 0.6 is 0 Å². The molecular formula is C28H24N2O3. The summed E-state index contributed by atoms with van der Waals surface area (Å²) in [6.45, 7) is 2.45. The van der Waals surface area contributed by atoms with Crippen LogP contribution in [0.25, 0.3) is 28.1 Å². The first-order chi connectivity index (χ1) is 16.0. The van der Waals surface area contributed by atoms with Gasteiger partial charge in [-0.05, 0) is 65.6 Å². The van der Waals surface area contributed by atoms with Crippen molar-refractivity contribution in [1.29, 1.82) is 0 Å². The molecule has 3 aromatic carbocycles. The van der Waals surface area contributed by atoms with E-state index in [1.54, 1.807) is 18.3 Å². The molecule has 1 amide bonds. The van der Waals surface area contributed by atoms with E-state index in [0.29, 0.717) is 12.1 Å². The molecule has 0 atom stereocenters. The number of ether oxygens (including phenoxy) is 1. The molecule has 0 saturated carbocycles. The minimum atomic E-state index is -0.458. The van der Waals surface area contributed by atoms with Crippen molar-refractivity contribution < 1.29 is 14.3 Å². The van der Waals surface area contributed by atoms with Crippen LogP contribution in [0.1, 0.15) is 27.0 Å². The Hall–Kier alpha value is -4.25. The minimum absolute atomic E-state index is 0.191. The lowest BCUT2D eigenvalue weighted by Crippen LogP contribution is -2.22. The third kappa shape index (κ3) is 5.52. The molecule has 4 rings (SSSR count). The van der Waals surface area contributed by atoms with Gasteiger partial charge in [0.2, 0.25) is 0 Å². The minimum Gasteiger partial charge on any atom is -0.466 e. The Labute approximate surface area is 192 Å². The molecule has 5 heteroatoms. The smallest absolute Gasteiger partial charge is 0.330 e. The molecule has 1 aromatic heterocycles. The van der Waals surface area contributed by atoms with Gasteiger partial charge in [-0.1, -0.05) is 48.0 Å². The highest BCUT2D eigenvalue weighted by atomic mass is 16.5. The SMILES string of the molecule is COC(=O)/C=C/c1cc(C(=O)NCc2ccc(C)cc2)cc(-c2ccc3cccnc3c2)c1. The topological polar surface area (TPSA) is 68.3 Å². The van der Waals surface area contributed by atoms with Gasteiger partial charge in [0.15, 0.2) is 0 Å². The Morgan fingerprint density at radius 2 is 1.79 bits per heavy atom. The molecule has 0 aliphatic heterocycles. The molecule has 0 spiro atoms. The molecule has 0 unspecified atom stereocenters. The standard InChI is InChI=1S/C28H24N2O3/c1-19-5-7-20(8-6-19)18-30-28(32)25-15-21(9-12-27(31)33-2)14-24(16-25)23-11-10-22-4-3-13-29-26(22)17-23/h3-17H,18H2,1-2H3,(H,30,32)/b12-9+. The van der Waals surface area contributed by atoms with Gasteiger partial charge in [0, 0.05) is 29.8 Å². The average Bonchev–Trinajstić information content (AvgIpc) is 2.86. The van der Waals surface area contributed by atoms with Gasteiger partial charge < -0.3 is 10.1 Å². The molecule has 0 aliphatic rings. The van der Waals surface area contributed by atoms with Gasteiger partial charge in [-0.25, -0.2) is 4.79 Å². The lowest BCUT2D eigenvalue weighted by atomic mass is 9.98. The maximum Gasteiger partial charge on any atom is 0.330 e. The second-order valence-corrected chi connectivity index (χ2v) is 7.78. The van der Waals surface area contributed by atoms with E-state index in [4.69, 9.17) is 4.74 Å². The van der Waals surface area contributed by atoms with E-state index in [1.807, 2.05) is 73.7 Å². The second-order valence-electron chi connectivity index (χ2n) is 7.78. The number of carbonyl (C=O) groups excluding carboxylic acids is 2. The lowest BCUT2D eigenvalue weighted by Gasteiger charge is -2.10. The van der Waals surface area contributed by atoms with Gasteiger partial charge in [-0.2, -0.15) is 0 Å². The fourth-order valence-electron chi connectivity index (χ4n) is 3.51. The van der Waals surface area contributed by atoms with Crippen LogP contribution in [0.5, 0.6) is 0 Å². The average molecular weight is 437 g/mol. The van der Waals surface area contributed by atoms with E-state index >= 15 is 0 Å². The van der Waals surface area contributed by atoms with Crippen molar-refractivity contribution in [2.45, 2.75) is 13.5 Å². The highest BCUT2D eigenvalue weighted by Gasteiger charge is 2.10. The molecule has 0 aliphatic carbocycles. The maximum absolute atomic E-state index is 13.0. The van der Waals surface area contributed by atoms with Crippen LogP contribution in [-0.4, -0.2) is 24.0 Å². The number of hydrogen-bond acceptors (Lipinski definition) is 4. The molecular weight excluding hydrogens is 412 g/mol. The first-order valence-electron chi connectivity index (χ1n) is 10.6. The number of rotatable bonds is 6. The normalized spacial score (nSPS) is 11.0. The third-order valence-electron chi connectivity index (χ3n) is 5.34. The molecule has 1 heterocycles. The van der Waals surface area contributed by atoms with Crippen molar-refractivity contribution >= 4 is 28.9 Å². The Morgan fingerprint density at radius 3 is 2.58 bits per heavy atom. The largest absolute Gasteiger partial charge is 0.466 e. The van der Waals surface area contributed by atoms with Gasteiger partial charge in [0.05, 0.1) is 12.6 Å². The highest BCUT2D eigenvalue weighted by molar-refractivity contribution is 5.97. The molecule has 0 bridgehead atoms. The summed E-state index contributed by atoms with van der Waals surface area (Å²) in [4.78, 5) is 29.0. The highest BCUT2D eigenvalue weighted by Crippen LogP contribution is 2.26. The zero-order valence-electron chi connectivity index (χ0n) is 18.5. The molecule has 164 valence electrons. The third-order valence-corrected chi connectivity index (χ3v) is 5.34. The number of methoxy groups -OCH3 is 1. The van der Waals surface area contributed by atoms with Crippen molar-refractivity contribution in [3.63, 3.8) is 0 Å². The van der Waals surface area contributed by atoms with Gasteiger partial charge in [-0.15, -0.1) is 0 Å². The molecule has 1 N–H and O–H groups in total. The summed E-state index contributed by atoms with van der Waals surface area (Å²) in [6, 6.07) is 23.5. The van der Waals surface area contributed by atoms with Gasteiger partial charge >= 0.3 is 5.97 Å². The van der Waals surface area contributed by atoms with E-state index < -0.39 is 5.97 Å². The van der Waals surface area contributed by atoms with Gasteiger partial charge in [-0.3, -0.25) is 9.78 Å². The summed E-state index contributed by atoms with van der Waals surface area (Å²) in [6.07, 6.45) is 4.74. The molecule has 33 heavy (non-hydrogen) atoms. The zero-order chi connectivity index (χ0) is 23.2. The quantitative estimate of drug-likeness (QED) is 0.328. The summed E-state index contributed by atoms with van der Waals surface area (Å²) in [5.41, 5.74) is 6.08. The Kier molecular flexibility index (Phi) is 6.60. The monoisotopic (exact) mass is 436 g/mol. The Bertz CT molecular complexity index is 1340. The molecule has 0 radical (unpaired) electrons. The molecule has 5 nitrogen and oxygen atoms in total. The summed E-state index contributed by atoms with van der Waals surface area (Å²) in [5, 5.41) is 4.02. The summed E-state index contributed by atoms with van der Waals surface area (Å²) in [5.74, 6) is -0.648. The second kappa shape index (κ2) is 9.92. The van der Waals surface area contributed by atoms with Gasteiger partial charge in [0.1, 0.15) is 0 Å². The number of aryl methyl sites for hydroxylation is 1. The predicted molar refractivity (Wildman–Crippen MR) is 131 cm³/mol. The van der Waals surface area contributed by atoms with Gasteiger partial charge in [0.25, 0.3) is 5.91 Å². The van der Waals surface area contributed by atoms with Crippen molar-refractivity contribution in [3.05, 3.63) is 107 Å². The van der Waals surface area contributed by atoms with E-state index in [1.165, 1.54) is 18.7 Å². The number of nitrogens with one attached hydrogen (secondary N) is 1. The van der Waals surface area contributed by atoms with Crippen molar-refractivity contribution in [2.24, 2.45) is 0 Å².